The third kappa shape index (κ3) is 4.49. The summed E-state index contributed by atoms with van der Waals surface area (Å²) in [6.45, 7) is 0.151. The summed E-state index contributed by atoms with van der Waals surface area (Å²) in [6.07, 6.45) is 0.989. The Bertz CT molecular complexity index is 994. The number of hydrogen-bond acceptors (Lipinski definition) is 6. The molecule has 1 unspecified atom stereocenters. The molecule has 0 saturated heterocycles. The van der Waals surface area contributed by atoms with Crippen molar-refractivity contribution in [1.29, 1.82) is 0 Å². The van der Waals surface area contributed by atoms with Crippen molar-refractivity contribution in [2.45, 2.75) is 17.7 Å². The lowest BCUT2D eigenvalue weighted by Gasteiger charge is -2.17. The lowest BCUT2D eigenvalue weighted by atomic mass is 9.98. The third-order valence-electron chi connectivity index (χ3n) is 4.93. The number of aliphatic carboxylic acids is 1. The average Bonchev–Trinajstić information content (AvgIpc) is 3.38. The number of thioether (sulfide) groups is 1. The van der Waals surface area contributed by atoms with E-state index in [2.05, 4.69) is 22.4 Å². The van der Waals surface area contributed by atoms with E-state index in [4.69, 9.17) is 4.74 Å². The van der Waals surface area contributed by atoms with Crippen LogP contribution in [0, 0.1) is 0 Å². The minimum absolute atomic E-state index is 0.0642. The first kappa shape index (κ1) is 20.4. The number of carboxylic acid groups (broad SMARTS) is 1. The van der Waals surface area contributed by atoms with Crippen molar-refractivity contribution < 1.29 is 19.4 Å². The SMILES string of the molecule is O=C(NC(CSCc1nccs1)C(=O)O)OCC1c2ccccc2-c2ccccc21. The van der Waals surface area contributed by atoms with Crippen LogP contribution in [0.25, 0.3) is 11.1 Å². The van der Waals surface area contributed by atoms with Crippen LogP contribution in [0.4, 0.5) is 4.79 Å². The van der Waals surface area contributed by atoms with E-state index in [-0.39, 0.29) is 18.3 Å². The number of ether oxygens (including phenoxy) is 1. The van der Waals surface area contributed by atoms with Gasteiger partial charge in [0.2, 0.25) is 0 Å². The van der Waals surface area contributed by atoms with Gasteiger partial charge in [-0.1, -0.05) is 48.5 Å². The molecule has 1 aliphatic carbocycles. The van der Waals surface area contributed by atoms with Crippen molar-refractivity contribution in [3.8, 4) is 11.1 Å². The summed E-state index contributed by atoms with van der Waals surface area (Å²) in [5.74, 6) is -0.312. The zero-order valence-electron chi connectivity index (χ0n) is 16.0. The number of carbonyl (C=O) groups is 2. The van der Waals surface area contributed by atoms with Gasteiger partial charge in [0.15, 0.2) is 0 Å². The summed E-state index contributed by atoms with van der Waals surface area (Å²) in [7, 11) is 0. The predicted octanol–water partition coefficient (Wildman–Crippen LogP) is 4.37. The zero-order chi connectivity index (χ0) is 20.9. The largest absolute Gasteiger partial charge is 0.480 e. The molecular formula is C22H20N2O4S2. The number of fused-ring (bicyclic) bond motifs is 3. The Balaban J connectivity index is 1.35. The van der Waals surface area contributed by atoms with Crippen molar-refractivity contribution in [2.24, 2.45) is 0 Å². The summed E-state index contributed by atoms with van der Waals surface area (Å²) in [6, 6.07) is 15.1. The van der Waals surface area contributed by atoms with Gasteiger partial charge in [0.05, 0.1) is 0 Å². The molecule has 6 nitrogen and oxygen atoms in total. The molecule has 2 N–H and O–H groups in total. The molecule has 1 aliphatic rings. The Hall–Kier alpha value is -2.84. The Morgan fingerprint density at radius 2 is 1.80 bits per heavy atom. The maximum atomic E-state index is 12.3. The van der Waals surface area contributed by atoms with Gasteiger partial charge in [0.1, 0.15) is 17.7 Å². The molecule has 0 spiro atoms. The van der Waals surface area contributed by atoms with Gasteiger partial charge in [-0.2, -0.15) is 11.8 Å². The highest BCUT2D eigenvalue weighted by Gasteiger charge is 2.29. The van der Waals surface area contributed by atoms with E-state index in [0.29, 0.717) is 5.75 Å². The molecule has 8 heteroatoms. The highest BCUT2D eigenvalue weighted by Crippen LogP contribution is 2.44. The topological polar surface area (TPSA) is 88.5 Å². The van der Waals surface area contributed by atoms with E-state index < -0.39 is 18.1 Å². The molecule has 3 aromatic rings. The number of thiazole rings is 1. The quantitative estimate of drug-likeness (QED) is 0.541. The third-order valence-corrected chi connectivity index (χ3v) is 6.94. The number of aromatic nitrogens is 1. The maximum Gasteiger partial charge on any atom is 0.407 e. The molecule has 4 rings (SSSR count). The fourth-order valence-electron chi connectivity index (χ4n) is 3.55. The molecule has 30 heavy (non-hydrogen) atoms. The Kier molecular flexibility index (Phi) is 6.35. The average molecular weight is 441 g/mol. The summed E-state index contributed by atoms with van der Waals surface area (Å²) in [5.41, 5.74) is 4.51. The second kappa shape index (κ2) is 9.32. The van der Waals surface area contributed by atoms with Crippen LogP contribution in [0.5, 0.6) is 0 Å². The van der Waals surface area contributed by atoms with Gasteiger partial charge in [0, 0.05) is 29.0 Å². The number of nitrogens with zero attached hydrogens (tertiary/aromatic N) is 1. The van der Waals surface area contributed by atoms with E-state index in [1.807, 2.05) is 41.8 Å². The first-order valence-corrected chi connectivity index (χ1v) is 11.5. The predicted molar refractivity (Wildman–Crippen MR) is 118 cm³/mol. The van der Waals surface area contributed by atoms with Crippen LogP contribution >= 0.6 is 23.1 Å². The number of amides is 1. The molecule has 0 radical (unpaired) electrons. The van der Waals surface area contributed by atoms with Crippen LogP contribution in [0.2, 0.25) is 0 Å². The highest BCUT2D eigenvalue weighted by molar-refractivity contribution is 7.98. The van der Waals surface area contributed by atoms with Gasteiger partial charge in [-0.15, -0.1) is 11.3 Å². The van der Waals surface area contributed by atoms with Crippen LogP contribution < -0.4 is 5.32 Å². The van der Waals surface area contributed by atoms with Gasteiger partial charge in [-0.25, -0.2) is 14.6 Å². The van der Waals surface area contributed by atoms with Gasteiger partial charge in [0.25, 0.3) is 0 Å². The van der Waals surface area contributed by atoms with E-state index in [1.165, 1.54) is 23.1 Å². The normalized spacial score (nSPS) is 13.3. The maximum absolute atomic E-state index is 12.3. The zero-order valence-corrected chi connectivity index (χ0v) is 17.6. The van der Waals surface area contributed by atoms with Crippen LogP contribution in [-0.2, 0) is 15.3 Å². The Labute approximate surface area is 182 Å². The van der Waals surface area contributed by atoms with E-state index in [1.54, 1.807) is 6.20 Å². The van der Waals surface area contributed by atoms with Crippen molar-refractivity contribution in [1.82, 2.24) is 10.3 Å². The molecule has 1 aromatic heterocycles. The Morgan fingerprint density at radius 1 is 1.13 bits per heavy atom. The molecule has 1 heterocycles. The number of hydrogen-bond donors (Lipinski definition) is 2. The minimum atomic E-state index is -1.09. The van der Waals surface area contributed by atoms with Gasteiger partial charge >= 0.3 is 12.1 Å². The molecule has 2 aromatic carbocycles. The summed E-state index contributed by atoms with van der Waals surface area (Å²) < 4.78 is 5.44. The lowest BCUT2D eigenvalue weighted by Crippen LogP contribution is -2.43. The number of nitrogens with one attached hydrogen (secondary N) is 1. The summed E-state index contributed by atoms with van der Waals surface area (Å²) in [5, 5.41) is 14.7. The van der Waals surface area contributed by atoms with Crippen LogP contribution in [0.15, 0.2) is 60.1 Å². The molecule has 1 amide bonds. The fraction of sp³-hybridized carbons (Fsp3) is 0.227. The van der Waals surface area contributed by atoms with Crippen LogP contribution in [-0.4, -0.2) is 40.6 Å². The van der Waals surface area contributed by atoms with E-state index in [0.717, 1.165) is 27.3 Å². The van der Waals surface area contributed by atoms with Gasteiger partial charge in [-0.3, -0.25) is 0 Å². The molecule has 0 aliphatic heterocycles. The summed E-state index contributed by atoms with van der Waals surface area (Å²) >= 11 is 2.93. The number of rotatable bonds is 8. The first-order valence-electron chi connectivity index (χ1n) is 9.44. The molecule has 0 fully saturated rings. The van der Waals surface area contributed by atoms with Gasteiger partial charge in [-0.05, 0) is 22.3 Å². The molecule has 154 valence electrons. The fourth-order valence-corrected chi connectivity index (χ4v) is 5.30. The molecule has 1 atom stereocenters. The van der Waals surface area contributed by atoms with Crippen molar-refractivity contribution in [3.63, 3.8) is 0 Å². The monoisotopic (exact) mass is 440 g/mol. The van der Waals surface area contributed by atoms with Crippen molar-refractivity contribution in [3.05, 3.63) is 76.2 Å². The van der Waals surface area contributed by atoms with E-state index in [9.17, 15) is 14.7 Å². The Morgan fingerprint density at radius 3 is 2.40 bits per heavy atom. The summed E-state index contributed by atoms with van der Waals surface area (Å²) in [4.78, 5) is 28.0. The smallest absolute Gasteiger partial charge is 0.407 e. The number of carboxylic acids is 1. The number of alkyl carbamates (subject to hydrolysis) is 1. The number of benzene rings is 2. The van der Waals surface area contributed by atoms with Crippen molar-refractivity contribution >= 4 is 35.2 Å². The molecule has 0 bridgehead atoms. The van der Waals surface area contributed by atoms with E-state index >= 15 is 0 Å². The second-order valence-electron chi connectivity index (χ2n) is 6.80. The molecule has 0 saturated carbocycles. The van der Waals surface area contributed by atoms with Crippen LogP contribution in [0.1, 0.15) is 22.1 Å². The second-order valence-corrected chi connectivity index (χ2v) is 8.81. The minimum Gasteiger partial charge on any atom is -0.480 e. The lowest BCUT2D eigenvalue weighted by molar-refractivity contribution is -0.138. The number of carbonyl (C=O) groups excluding carboxylic acids is 1. The van der Waals surface area contributed by atoms with Crippen LogP contribution in [0.3, 0.4) is 0 Å². The van der Waals surface area contributed by atoms with Gasteiger partial charge < -0.3 is 15.2 Å². The van der Waals surface area contributed by atoms with Crippen molar-refractivity contribution in [2.75, 3.05) is 12.4 Å². The highest BCUT2D eigenvalue weighted by atomic mass is 32.2. The molecular weight excluding hydrogens is 420 g/mol. The standard InChI is InChI=1S/C22H20N2O4S2/c25-21(26)19(12-29-13-20-23-9-10-30-20)24-22(27)28-11-18-16-7-3-1-5-14(16)15-6-2-4-8-17(15)18/h1-10,18-19H,11-13H2,(H,24,27)(H,25,26). The first-order chi connectivity index (χ1) is 14.6.